The average Bonchev–Trinajstić information content (AvgIpc) is 2.23. The fourth-order valence-corrected chi connectivity index (χ4v) is 2.19. The van der Waals surface area contributed by atoms with E-state index in [1.807, 2.05) is 0 Å². The van der Waals surface area contributed by atoms with Crippen LogP contribution in [-0.2, 0) is 5.67 Å². The quantitative estimate of drug-likeness (QED) is 0.801. The molecule has 1 aliphatic heterocycles. The molecule has 2 rings (SSSR count). The molecular formula is C11H12Cl2FN. The molecular weight excluding hydrogens is 236 g/mol. The molecule has 1 atom stereocenters. The summed E-state index contributed by atoms with van der Waals surface area (Å²) in [6.07, 6.45) is 1.38. The Morgan fingerprint density at radius 2 is 2.07 bits per heavy atom. The lowest BCUT2D eigenvalue weighted by Crippen LogP contribution is -2.40. The van der Waals surface area contributed by atoms with Gasteiger partial charge in [0, 0.05) is 6.54 Å². The van der Waals surface area contributed by atoms with E-state index in [4.69, 9.17) is 23.2 Å². The van der Waals surface area contributed by atoms with Gasteiger partial charge in [0.1, 0.15) is 5.67 Å². The van der Waals surface area contributed by atoms with E-state index < -0.39 is 5.67 Å². The molecule has 0 aliphatic carbocycles. The first-order chi connectivity index (χ1) is 7.12. The van der Waals surface area contributed by atoms with Crippen LogP contribution in [0.4, 0.5) is 4.39 Å². The molecule has 0 saturated carbocycles. The Morgan fingerprint density at radius 1 is 1.27 bits per heavy atom. The van der Waals surface area contributed by atoms with Gasteiger partial charge in [0.2, 0.25) is 0 Å². The van der Waals surface area contributed by atoms with Crippen LogP contribution in [-0.4, -0.2) is 13.1 Å². The maximum absolute atomic E-state index is 14.5. The van der Waals surface area contributed by atoms with Gasteiger partial charge in [-0.2, -0.15) is 0 Å². The van der Waals surface area contributed by atoms with Crippen LogP contribution in [0.2, 0.25) is 10.0 Å². The predicted molar refractivity (Wildman–Crippen MR) is 61.4 cm³/mol. The molecule has 0 spiro atoms. The van der Waals surface area contributed by atoms with Crippen molar-refractivity contribution in [1.82, 2.24) is 5.32 Å². The first kappa shape index (κ1) is 11.2. The minimum Gasteiger partial charge on any atom is -0.313 e. The van der Waals surface area contributed by atoms with Crippen LogP contribution in [0.5, 0.6) is 0 Å². The molecule has 0 bridgehead atoms. The van der Waals surface area contributed by atoms with Crippen molar-refractivity contribution in [1.29, 1.82) is 0 Å². The number of rotatable bonds is 1. The summed E-state index contributed by atoms with van der Waals surface area (Å²) in [5.41, 5.74) is -0.684. The van der Waals surface area contributed by atoms with Crippen LogP contribution in [0.3, 0.4) is 0 Å². The standard InChI is InChI=1S/C11H12Cl2FN/c12-9-3-2-8(6-10(9)13)11(14)4-1-5-15-7-11/h2-3,6,15H,1,4-5,7H2. The highest BCUT2D eigenvalue weighted by Gasteiger charge is 2.33. The molecule has 0 aromatic heterocycles. The van der Waals surface area contributed by atoms with Crippen molar-refractivity contribution in [2.24, 2.45) is 0 Å². The van der Waals surface area contributed by atoms with Crippen LogP contribution < -0.4 is 5.32 Å². The molecule has 1 fully saturated rings. The minimum atomic E-state index is -1.30. The van der Waals surface area contributed by atoms with E-state index in [0.29, 0.717) is 28.6 Å². The molecule has 1 N–H and O–H groups in total. The summed E-state index contributed by atoms with van der Waals surface area (Å²) < 4.78 is 14.5. The van der Waals surface area contributed by atoms with Gasteiger partial charge in [-0.15, -0.1) is 0 Å². The van der Waals surface area contributed by atoms with Gasteiger partial charge in [0.25, 0.3) is 0 Å². The maximum atomic E-state index is 14.5. The summed E-state index contributed by atoms with van der Waals surface area (Å²) in [6, 6.07) is 4.98. The molecule has 1 nitrogen and oxygen atoms in total. The summed E-state index contributed by atoms with van der Waals surface area (Å²) in [5.74, 6) is 0. The number of hydrogen-bond donors (Lipinski definition) is 1. The van der Waals surface area contributed by atoms with Crippen molar-refractivity contribution in [2.45, 2.75) is 18.5 Å². The zero-order valence-electron chi connectivity index (χ0n) is 8.19. The Balaban J connectivity index is 2.31. The fourth-order valence-electron chi connectivity index (χ4n) is 1.89. The highest BCUT2D eigenvalue weighted by molar-refractivity contribution is 6.42. The zero-order valence-corrected chi connectivity index (χ0v) is 9.71. The highest BCUT2D eigenvalue weighted by Crippen LogP contribution is 2.35. The maximum Gasteiger partial charge on any atom is 0.148 e. The van der Waals surface area contributed by atoms with Crippen molar-refractivity contribution in [3.8, 4) is 0 Å². The van der Waals surface area contributed by atoms with Crippen molar-refractivity contribution in [3.63, 3.8) is 0 Å². The zero-order chi connectivity index (χ0) is 10.9. The van der Waals surface area contributed by atoms with Gasteiger partial charge in [-0.3, -0.25) is 0 Å². The monoisotopic (exact) mass is 247 g/mol. The Bertz CT molecular complexity index is 362. The van der Waals surface area contributed by atoms with E-state index in [2.05, 4.69) is 5.32 Å². The van der Waals surface area contributed by atoms with Crippen molar-refractivity contribution in [3.05, 3.63) is 33.8 Å². The van der Waals surface area contributed by atoms with Crippen LogP contribution >= 0.6 is 23.2 Å². The number of alkyl halides is 1. The summed E-state index contributed by atoms with van der Waals surface area (Å²) in [6.45, 7) is 1.23. The van der Waals surface area contributed by atoms with E-state index in [0.717, 1.165) is 13.0 Å². The average molecular weight is 248 g/mol. The highest BCUT2D eigenvalue weighted by atomic mass is 35.5. The number of nitrogens with one attached hydrogen (secondary N) is 1. The van der Waals surface area contributed by atoms with Crippen molar-refractivity contribution >= 4 is 23.2 Å². The number of benzene rings is 1. The summed E-state index contributed by atoms with van der Waals surface area (Å²) in [5, 5.41) is 3.94. The summed E-state index contributed by atoms with van der Waals surface area (Å²) in [4.78, 5) is 0. The number of piperidine rings is 1. The van der Waals surface area contributed by atoms with E-state index >= 15 is 0 Å². The van der Waals surface area contributed by atoms with Crippen molar-refractivity contribution < 1.29 is 4.39 Å². The van der Waals surface area contributed by atoms with Crippen LogP contribution in [0.25, 0.3) is 0 Å². The molecule has 1 saturated heterocycles. The van der Waals surface area contributed by atoms with Gasteiger partial charge in [0.15, 0.2) is 0 Å². The van der Waals surface area contributed by atoms with Crippen LogP contribution in [0.1, 0.15) is 18.4 Å². The molecule has 1 aromatic carbocycles. The third-order valence-corrected chi connectivity index (χ3v) is 3.51. The third-order valence-electron chi connectivity index (χ3n) is 2.77. The molecule has 1 aromatic rings. The Hall–Kier alpha value is -0.310. The van der Waals surface area contributed by atoms with Gasteiger partial charge in [-0.25, -0.2) is 4.39 Å². The van der Waals surface area contributed by atoms with Gasteiger partial charge in [0.05, 0.1) is 10.0 Å². The second-order valence-electron chi connectivity index (χ2n) is 3.87. The molecule has 1 aliphatic rings. The SMILES string of the molecule is FC1(c2ccc(Cl)c(Cl)c2)CCCNC1. The number of hydrogen-bond acceptors (Lipinski definition) is 1. The van der Waals surface area contributed by atoms with Gasteiger partial charge < -0.3 is 5.32 Å². The summed E-state index contributed by atoms with van der Waals surface area (Å²) in [7, 11) is 0. The van der Waals surface area contributed by atoms with Gasteiger partial charge in [-0.05, 0) is 37.1 Å². The molecule has 1 heterocycles. The molecule has 82 valence electrons. The molecule has 1 unspecified atom stereocenters. The first-order valence-corrected chi connectivity index (χ1v) is 5.73. The largest absolute Gasteiger partial charge is 0.313 e. The lowest BCUT2D eigenvalue weighted by molar-refractivity contribution is 0.122. The molecule has 0 radical (unpaired) electrons. The lowest BCUT2D eigenvalue weighted by atomic mass is 9.88. The Morgan fingerprint density at radius 3 is 2.67 bits per heavy atom. The van der Waals surface area contributed by atoms with E-state index in [9.17, 15) is 4.39 Å². The number of halogens is 3. The molecule has 0 amide bonds. The van der Waals surface area contributed by atoms with Crippen molar-refractivity contribution in [2.75, 3.05) is 13.1 Å². The summed E-state index contributed by atoms with van der Waals surface area (Å²) >= 11 is 11.7. The Kier molecular flexibility index (Phi) is 3.19. The second kappa shape index (κ2) is 4.28. The normalized spacial score (nSPS) is 26.6. The molecule has 4 heteroatoms. The van der Waals surface area contributed by atoms with Crippen LogP contribution in [0.15, 0.2) is 18.2 Å². The molecule has 15 heavy (non-hydrogen) atoms. The van der Waals surface area contributed by atoms with Gasteiger partial charge >= 0.3 is 0 Å². The minimum absolute atomic E-state index is 0.352. The first-order valence-electron chi connectivity index (χ1n) is 4.97. The predicted octanol–water partition coefficient (Wildman–Crippen LogP) is 3.54. The van der Waals surface area contributed by atoms with Gasteiger partial charge in [-0.1, -0.05) is 29.3 Å². The van der Waals surface area contributed by atoms with E-state index in [-0.39, 0.29) is 0 Å². The van der Waals surface area contributed by atoms with Crippen LogP contribution in [0, 0.1) is 0 Å². The van der Waals surface area contributed by atoms with E-state index in [1.54, 1.807) is 18.2 Å². The second-order valence-corrected chi connectivity index (χ2v) is 4.69. The van der Waals surface area contributed by atoms with E-state index in [1.165, 1.54) is 0 Å². The third kappa shape index (κ3) is 2.27. The Labute approximate surface area is 98.6 Å². The lowest BCUT2D eigenvalue weighted by Gasteiger charge is -2.30. The smallest absolute Gasteiger partial charge is 0.148 e. The fraction of sp³-hybridized carbons (Fsp3) is 0.455. The topological polar surface area (TPSA) is 12.0 Å².